The van der Waals surface area contributed by atoms with Crippen molar-refractivity contribution in [1.29, 1.82) is 0 Å². The number of aromatic nitrogens is 4. The molecule has 0 unspecified atom stereocenters. The van der Waals surface area contributed by atoms with Crippen LogP contribution in [0.3, 0.4) is 0 Å². The van der Waals surface area contributed by atoms with E-state index >= 15 is 0 Å². The highest BCUT2D eigenvalue weighted by molar-refractivity contribution is 7.73. The van der Waals surface area contributed by atoms with Crippen molar-refractivity contribution in [1.82, 2.24) is 25.3 Å². The molecule has 8 heteroatoms. The lowest BCUT2D eigenvalue weighted by molar-refractivity contribution is -0.120. The van der Waals surface area contributed by atoms with Gasteiger partial charge in [0.05, 0.1) is 12.6 Å². The lowest BCUT2D eigenvalue weighted by atomic mass is 10.3. The van der Waals surface area contributed by atoms with Gasteiger partial charge in [0, 0.05) is 29.9 Å². The average Bonchev–Trinajstić information content (AvgIpc) is 2.96. The molecular weight excluding hydrogens is 282 g/mol. The fraction of sp³-hybridized carbons (Fsp3) is 0.455. The summed E-state index contributed by atoms with van der Waals surface area (Å²) in [6.45, 7) is 3.32. The Morgan fingerprint density at radius 1 is 1.63 bits per heavy atom. The normalized spacial score (nSPS) is 10.6. The summed E-state index contributed by atoms with van der Waals surface area (Å²) in [5, 5.41) is 10.5. The predicted molar refractivity (Wildman–Crippen MR) is 75.6 cm³/mol. The first kappa shape index (κ1) is 13.9. The fourth-order valence-corrected chi connectivity index (χ4v) is 2.92. The number of amides is 1. The molecular formula is C11H15N5OS2. The predicted octanol–water partition coefficient (Wildman–Crippen LogP) is 1.45. The maximum absolute atomic E-state index is 11.7. The highest BCUT2D eigenvalue weighted by atomic mass is 32.1. The number of rotatable bonds is 6. The van der Waals surface area contributed by atoms with Crippen molar-refractivity contribution >= 4 is 29.5 Å². The van der Waals surface area contributed by atoms with Gasteiger partial charge in [0.25, 0.3) is 0 Å². The molecule has 2 rings (SSSR count). The zero-order valence-corrected chi connectivity index (χ0v) is 12.2. The molecule has 0 aliphatic rings. The number of hydrogen-bond donors (Lipinski definition) is 2. The molecule has 0 saturated carbocycles. The Morgan fingerprint density at radius 3 is 3.11 bits per heavy atom. The van der Waals surface area contributed by atoms with Gasteiger partial charge in [0.15, 0.2) is 3.95 Å². The Morgan fingerprint density at radius 2 is 2.47 bits per heavy atom. The van der Waals surface area contributed by atoms with E-state index in [4.69, 9.17) is 12.2 Å². The van der Waals surface area contributed by atoms with Gasteiger partial charge in [0.1, 0.15) is 0 Å². The van der Waals surface area contributed by atoms with Crippen molar-refractivity contribution in [3.63, 3.8) is 0 Å². The SMILES string of the molecule is Cc1[nH]c(=S)sc1CC(=O)NCCCn1ccnn1. The van der Waals surface area contributed by atoms with E-state index in [0.29, 0.717) is 16.9 Å². The second-order valence-corrected chi connectivity index (χ2v) is 5.88. The van der Waals surface area contributed by atoms with Gasteiger partial charge in [-0.05, 0) is 25.6 Å². The van der Waals surface area contributed by atoms with E-state index in [1.807, 2.05) is 6.92 Å². The Bertz CT molecular complexity index is 587. The summed E-state index contributed by atoms with van der Waals surface area (Å²) in [4.78, 5) is 15.8. The topological polar surface area (TPSA) is 75.6 Å². The number of carbonyl (C=O) groups is 1. The molecule has 6 nitrogen and oxygen atoms in total. The standard InChI is InChI=1S/C11H15N5OS2/c1-8-9(19-11(18)14-8)7-10(17)12-3-2-5-16-6-4-13-15-16/h4,6H,2-3,5,7H2,1H3,(H,12,17)(H,14,18). The van der Waals surface area contributed by atoms with Crippen LogP contribution in [0.15, 0.2) is 12.4 Å². The molecule has 0 radical (unpaired) electrons. The Hall–Kier alpha value is -1.54. The van der Waals surface area contributed by atoms with Crippen LogP contribution in [0.4, 0.5) is 0 Å². The molecule has 2 aromatic heterocycles. The zero-order chi connectivity index (χ0) is 13.7. The van der Waals surface area contributed by atoms with E-state index in [0.717, 1.165) is 23.5 Å². The van der Waals surface area contributed by atoms with Gasteiger partial charge in [-0.15, -0.1) is 16.4 Å². The van der Waals surface area contributed by atoms with Gasteiger partial charge in [-0.3, -0.25) is 9.48 Å². The van der Waals surface area contributed by atoms with Crippen molar-refractivity contribution in [2.75, 3.05) is 6.54 Å². The van der Waals surface area contributed by atoms with E-state index in [1.54, 1.807) is 17.1 Å². The third-order valence-corrected chi connectivity index (χ3v) is 3.94. The first-order chi connectivity index (χ1) is 9.15. The van der Waals surface area contributed by atoms with Crippen LogP contribution >= 0.6 is 23.6 Å². The van der Waals surface area contributed by atoms with Crippen LogP contribution in [0.1, 0.15) is 17.0 Å². The summed E-state index contributed by atoms with van der Waals surface area (Å²) < 4.78 is 2.46. The van der Waals surface area contributed by atoms with Crippen LogP contribution in [-0.2, 0) is 17.8 Å². The zero-order valence-electron chi connectivity index (χ0n) is 10.5. The van der Waals surface area contributed by atoms with E-state index in [9.17, 15) is 4.79 Å². The minimum atomic E-state index is 0.0203. The lowest BCUT2D eigenvalue weighted by Gasteiger charge is -2.04. The Balaban J connectivity index is 1.70. The summed E-state index contributed by atoms with van der Waals surface area (Å²) in [5.41, 5.74) is 0.979. The molecule has 2 N–H and O–H groups in total. The maximum atomic E-state index is 11.7. The second-order valence-electron chi connectivity index (χ2n) is 4.11. The minimum absolute atomic E-state index is 0.0203. The number of aryl methyl sites for hydroxylation is 2. The minimum Gasteiger partial charge on any atom is -0.356 e. The molecule has 0 bridgehead atoms. The average molecular weight is 297 g/mol. The second kappa shape index (κ2) is 6.58. The maximum Gasteiger partial charge on any atom is 0.225 e. The number of nitrogens with zero attached hydrogens (tertiary/aromatic N) is 3. The number of carbonyl (C=O) groups excluding carboxylic acids is 1. The quantitative estimate of drug-likeness (QED) is 0.625. The number of H-pyrrole nitrogens is 1. The van der Waals surface area contributed by atoms with Gasteiger partial charge >= 0.3 is 0 Å². The molecule has 1 amide bonds. The molecule has 0 aliphatic heterocycles. The van der Waals surface area contributed by atoms with Crippen LogP contribution in [0, 0.1) is 10.9 Å². The monoisotopic (exact) mass is 297 g/mol. The highest BCUT2D eigenvalue weighted by Crippen LogP contribution is 2.14. The molecule has 0 atom stereocenters. The van der Waals surface area contributed by atoms with Gasteiger partial charge in [-0.2, -0.15) is 0 Å². The van der Waals surface area contributed by atoms with Crippen LogP contribution in [0.25, 0.3) is 0 Å². The molecule has 2 heterocycles. The number of hydrogen-bond acceptors (Lipinski definition) is 5. The van der Waals surface area contributed by atoms with Crippen molar-refractivity contribution in [3.8, 4) is 0 Å². The molecule has 0 saturated heterocycles. The third-order valence-electron chi connectivity index (χ3n) is 2.60. The number of thiazole rings is 1. The summed E-state index contributed by atoms with van der Waals surface area (Å²) in [6.07, 6.45) is 4.66. The molecule has 0 aromatic carbocycles. The van der Waals surface area contributed by atoms with Gasteiger partial charge in [-0.25, -0.2) is 0 Å². The molecule has 0 aliphatic carbocycles. The molecule has 2 aromatic rings. The molecule has 0 spiro atoms. The third kappa shape index (κ3) is 4.25. The largest absolute Gasteiger partial charge is 0.356 e. The lowest BCUT2D eigenvalue weighted by Crippen LogP contribution is -2.26. The Kier molecular flexibility index (Phi) is 4.80. The number of nitrogens with one attached hydrogen (secondary N) is 2. The summed E-state index contributed by atoms with van der Waals surface area (Å²) >= 11 is 6.50. The van der Waals surface area contributed by atoms with E-state index < -0.39 is 0 Å². The van der Waals surface area contributed by atoms with E-state index in [2.05, 4.69) is 20.6 Å². The van der Waals surface area contributed by atoms with Crippen LogP contribution in [-0.4, -0.2) is 32.4 Å². The molecule has 0 fully saturated rings. The van der Waals surface area contributed by atoms with Gasteiger partial charge in [0.2, 0.25) is 5.91 Å². The fourth-order valence-electron chi connectivity index (χ4n) is 1.63. The summed E-state index contributed by atoms with van der Waals surface area (Å²) in [6, 6.07) is 0. The van der Waals surface area contributed by atoms with Crippen LogP contribution in [0.5, 0.6) is 0 Å². The van der Waals surface area contributed by atoms with Crippen molar-refractivity contribution in [2.45, 2.75) is 26.3 Å². The number of aromatic amines is 1. The Labute approximate surface area is 119 Å². The summed E-state index contributed by atoms with van der Waals surface area (Å²) in [5.74, 6) is 0.0203. The molecule has 19 heavy (non-hydrogen) atoms. The van der Waals surface area contributed by atoms with Gasteiger partial charge in [-0.1, -0.05) is 5.21 Å². The van der Waals surface area contributed by atoms with Crippen molar-refractivity contribution in [3.05, 3.63) is 26.9 Å². The van der Waals surface area contributed by atoms with E-state index in [1.165, 1.54) is 11.3 Å². The van der Waals surface area contributed by atoms with Crippen molar-refractivity contribution < 1.29 is 4.79 Å². The van der Waals surface area contributed by atoms with Crippen LogP contribution < -0.4 is 5.32 Å². The first-order valence-corrected chi connectivity index (χ1v) is 7.17. The summed E-state index contributed by atoms with van der Waals surface area (Å²) in [7, 11) is 0. The van der Waals surface area contributed by atoms with Crippen LogP contribution in [0.2, 0.25) is 0 Å². The first-order valence-electron chi connectivity index (χ1n) is 5.94. The van der Waals surface area contributed by atoms with Gasteiger partial charge < -0.3 is 10.3 Å². The smallest absolute Gasteiger partial charge is 0.225 e. The van der Waals surface area contributed by atoms with Crippen molar-refractivity contribution in [2.24, 2.45) is 0 Å². The highest BCUT2D eigenvalue weighted by Gasteiger charge is 2.08. The molecule has 102 valence electrons. The van der Waals surface area contributed by atoms with E-state index in [-0.39, 0.29) is 5.91 Å².